The topological polar surface area (TPSA) is 112 Å². The van der Waals surface area contributed by atoms with E-state index in [-0.39, 0.29) is 10.6 Å². The summed E-state index contributed by atoms with van der Waals surface area (Å²) in [6, 6.07) is 7.93. The minimum Gasteiger partial charge on any atom is -0.493 e. The number of fused-ring (bicyclic) bond motifs is 1. The van der Waals surface area contributed by atoms with Gasteiger partial charge in [0.2, 0.25) is 0 Å². The normalized spacial score (nSPS) is 14.4. The van der Waals surface area contributed by atoms with Crippen LogP contribution < -0.4 is 19.5 Å². The van der Waals surface area contributed by atoms with E-state index in [4.69, 9.17) is 32.7 Å². The van der Waals surface area contributed by atoms with Gasteiger partial charge in [-0.3, -0.25) is 4.68 Å². The molecular formula is C25H25Cl2FN4O5S. The molecule has 1 heterocycles. The first-order valence-electron chi connectivity index (χ1n) is 11.5. The molecule has 0 saturated heterocycles. The Kier molecular flexibility index (Phi) is 8.49. The lowest BCUT2D eigenvalue weighted by molar-refractivity contribution is 0.246. The summed E-state index contributed by atoms with van der Waals surface area (Å²) in [4.78, 5) is 12.2. The standard InChI is InChI=1S/C25H25Cl2FN4O5S/c1-36-22-9-8-18(11-23(22)37-2)38(34,35)31-25(33)29-13-21(28)19-5-3-4-15-12-30-32(24(15)19)14-16-6-7-17(26)10-20(16)27/h6-12H,3-5,13-14H2,1-2H3,(H2,29,31,33). The summed E-state index contributed by atoms with van der Waals surface area (Å²) in [7, 11) is -1.48. The number of hydrogen-bond acceptors (Lipinski definition) is 6. The SMILES string of the molecule is COc1ccc(S(=O)(=O)NC(=O)NCC(F)=C2CCCc3cnn(Cc4ccc(Cl)cc4Cl)c32)cc1OC. The number of nitrogens with zero attached hydrogens (tertiary/aromatic N) is 2. The zero-order valence-corrected chi connectivity index (χ0v) is 22.9. The summed E-state index contributed by atoms with van der Waals surface area (Å²) in [5.74, 6) is -0.0845. The van der Waals surface area contributed by atoms with Crippen molar-refractivity contribution in [1.29, 1.82) is 0 Å². The molecular weight excluding hydrogens is 558 g/mol. The van der Waals surface area contributed by atoms with Gasteiger partial charge in [0.1, 0.15) is 5.83 Å². The number of rotatable bonds is 8. The molecule has 1 aliphatic rings. The Morgan fingerprint density at radius 2 is 1.87 bits per heavy atom. The van der Waals surface area contributed by atoms with Gasteiger partial charge in [0.15, 0.2) is 11.5 Å². The number of carbonyl (C=O) groups is 1. The van der Waals surface area contributed by atoms with Gasteiger partial charge >= 0.3 is 6.03 Å². The fourth-order valence-corrected chi connectivity index (χ4v) is 5.60. The molecule has 4 rings (SSSR count). The van der Waals surface area contributed by atoms with Crippen molar-refractivity contribution < 1.29 is 27.1 Å². The van der Waals surface area contributed by atoms with Crippen molar-refractivity contribution in [1.82, 2.24) is 19.8 Å². The van der Waals surface area contributed by atoms with E-state index in [0.29, 0.717) is 46.4 Å². The maximum absolute atomic E-state index is 15.4. The molecule has 0 unspecified atom stereocenters. The minimum atomic E-state index is -4.25. The number of halogens is 3. The fraction of sp³-hybridized carbons (Fsp3) is 0.280. The van der Waals surface area contributed by atoms with E-state index in [1.807, 2.05) is 4.72 Å². The molecule has 0 atom stereocenters. The quantitative estimate of drug-likeness (QED) is 0.388. The van der Waals surface area contributed by atoms with E-state index in [9.17, 15) is 13.2 Å². The molecule has 38 heavy (non-hydrogen) atoms. The van der Waals surface area contributed by atoms with Crippen molar-refractivity contribution in [3.63, 3.8) is 0 Å². The lowest BCUT2D eigenvalue weighted by atomic mass is 9.92. The minimum absolute atomic E-state index is 0.177. The maximum Gasteiger partial charge on any atom is 0.329 e. The summed E-state index contributed by atoms with van der Waals surface area (Å²) < 4.78 is 54.4. The van der Waals surface area contributed by atoms with Crippen molar-refractivity contribution in [2.45, 2.75) is 30.7 Å². The number of urea groups is 1. The molecule has 202 valence electrons. The van der Waals surface area contributed by atoms with Crippen molar-refractivity contribution in [3.8, 4) is 11.5 Å². The van der Waals surface area contributed by atoms with E-state index in [0.717, 1.165) is 17.5 Å². The number of sulfonamides is 1. The first-order chi connectivity index (χ1) is 18.1. The maximum atomic E-state index is 15.4. The molecule has 0 aliphatic heterocycles. The number of nitrogens with one attached hydrogen (secondary N) is 2. The predicted octanol–water partition coefficient (Wildman–Crippen LogP) is 4.96. The van der Waals surface area contributed by atoms with Gasteiger partial charge in [-0.15, -0.1) is 0 Å². The zero-order chi connectivity index (χ0) is 27.4. The first kappa shape index (κ1) is 27.7. The summed E-state index contributed by atoms with van der Waals surface area (Å²) in [6.45, 7) is -0.200. The van der Waals surface area contributed by atoms with E-state index < -0.39 is 28.4 Å². The number of carbonyl (C=O) groups excluding carboxylic acids is 1. The third kappa shape index (κ3) is 6.06. The van der Waals surface area contributed by atoms with Crippen molar-refractivity contribution >= 4 is 44.8 Å². The molecule has 1 aliphatic carbocycles. The Balaban J connectivity index is 1.49. The van der Waals surface area contributed by atoms with E-state index in [2.05, 4.69) is 10.4 Å². The smallest absolute Gasteiger partial charge is 0.329 e. The van der Waals surface area contributed by atoms with Crippen LogP contribution in [0.2, 0.25) is 10.0 Å². The van der Waals surface area contributed by atoms with E-state index in [1.165, 1.54) is 32.4 Å². The highest BCUT2D eigenvalue weighted by Gasteiger charge is 2.25. The summed E-state index contributed by atoms with van der Waals surface area (Å²) in [5, 5.41) is 7.67. The number of amides is 2. The second kappa shape index (κ2) is 11.6. The highest BCUT2D eigenvalue weighted by atomic mass is 35.5. The Morgan fingerprint density at radius 1 is 1.11 bits per heavy atom. The predicted molar refractivity (Wildman–Crippen MR) is 142 cm³/mol. The van der Waals surface area contributed by atoms with E-state index >= 15 is 4.39 Å². The largest absolute Gasteiger partial charge is 0.493 e. The summed E-state index contributed by atoms with van der Waals surface area (Å²) in [5.41, 5.74) is 2.67. The highest BCUT2D eigenvalue weighted by molar-refractivity contribution is 7.90. The van der Waals surface area contributed by atoms with Crippen LogP contribution in [0, 0.1) is 0 Å². The van der Waals surface area contributed by atoms with Gasteiger partial charge in [-0.2, -0.15) is 5.10 Å². The third-order valence-electron chi connectivity index (χ3n) is 6.03. The van der Waals surface area contributed by atoms with Crippen LogP contribution in [0.25, 0.3) is 5.57 Å². The Morgan fingerprint density at radius 3 is 2.58 bits per heavy atom. The number of ether oxygens (including phenoxy) is 2. The number of hydrogen-bond donors (Lipinski definition) is 2. The van der Waals surface area contributed by atoms with Crippen molar-refractivity contribution in [3.05, 3.63) is 75.3 Å². The van der Waals surface area contributed by atoms with Gasteiger partial charge in [0.25, 0.3) is 10.0 Å². The lowest BCUT2D eigenvalue weighted by Gasteiger charge is -2.19. The van der Waals surface area contributed by atoms with Crippen molar-refractivity contribution in [2.24, 2.45) is 0 Å². The lowest BCUT2D eigenvalue weighted by Crippen LogP contribution is -2.40. The molecule has 1 aromatic heterocycles. The Bertz CT molecular complexity index is 1510. The van der Waals surface area contributed by atoms with Crippen LogP contribution in [-0.2, 0) is 23.0 Å². The highest BCUT2D eigenvalue weighted by Crippen LogP contribution is 2.34. The van der Waals surface area contributed by atoms with Gasteiger partial charge in [0, 0.05) is 21.7 Å². The van der Waals surface area contributed by atoms with Crippen molar-refractivity contribution in [2.75, 3.05) is 20.8 Å². The monoisotopic (exact) mass is 582 g/mol. The second-order valence-corrected chi connectivity index (χ2v) is 11.0. The van der Waals surface area contributed by atoms with Crippen LogP contribution in [0.1, 0.15) is 29.7 Å². The fourth-order valence-electron chi connectivity index (χ4n) is 4.19. The number of benzene rings is 2. The van der Waals surface area contributed by atoms with Crippen LogP contribution in [0.15, 0.2) is 53.3 Å². The average molecular weight is 583 g/mol. The molecule has 0 fully saturated rings. The first-order valence-corrected chi connectivity index (χ1v) is 13.8. The molecule has 2 amide bonds. The third-order valence-corrected chi connectivity index (χ3v) is 7.95. The molecule has 0 spiro atoms. The van der Waals surface area contributed by atoms with Gasteiger partial charge in [0.05, 0.1) is 44.1 Å². The Labute approximate surface area is 229 Å². The van der Waals surface area contributed by atoms with Gasteiger partial charge in [-0.25, -0.2) is 22.3 Å². The molecule has 9 nitrogen and oxygen atoms in total. The average Bonchev–Trinajstić information content (AvgIpc) is 3.31. The van der Waals surface area contributed by atoms with E-state index in [1.54, 1.807) is 29.1 Å². The molecule has 0 bridgehead atoms. The Hall–Kier alpha value is -3.28. The van der Waals surface area contributed by atoms with Crippen LogP contribution in [0.4, 0.5) is 9.18 Å². The number of aryl methyl sites for hydroxylation is 1. The number of aromatic nitrogens is 2. The summed E-state index contributed by atoms with van der Waals surface area (Å²) in [6.07, 6.45) is 3.58. The van der Waals surface area contributed by atoms with Crippen LogP contribution in [0.5, 0.6) is 11.5 Å². The molecule has 13 heteroatoms. The van der Waals surface area contributed by atoms with Crippen LogP contribution in [0.3, 0.4) is 0 Å². The molecule has 0 saturated carbocycles. The zero-order valence-electron chi connectivity index (χ0n) is 20.6. The van der Waals surface area contributed by atoms with Gasteiger partial charge in [-0.05, 0) is 54.7 Å². The second-order valence-electron chi connectivity index (χ2n) is 8.45. The molecule has 0 radical (unpaired) electrons. The van der Waals surface area contributed by atoms with Gasteiger partial charge < -0.3 is 14.8 Å². The molecule has 2 N–H and O–H groups in total. The van der Waals surface area contributed by atoms with Crippen LogP contribution in [-0.4, -0.2) is 45.0 Å². The molecule has 3 aromatic rings. The summed E-state index contributed by atoms with van der Waals surface area (Å²) >= 11 is 12.3. The number of allylic oxidation sites excluding steroid dienone is 1. The number of methoxy groups -OCH3 is 2. The van der Waals surface area contributed by atoms with Crippen LogP contribution >= 0.6 is 23.2 Å². The molecule has 2 aromatic carbocycles. The van der Waals surface area contributed by atoms with Gasteiger partial charge in [-0.1, -0.05) is 29.3 Å².